The van der Waals surface area contributed by atoms with E-state index >= 15 is 0 Å². The molecule has 3 rings (SSSR count). The molecule has 2 aromatic heterocycles. The monoisotopic (exact) mass is 346 g/mol. The number of methoxy groups -OCH3 is 1. The largest absolute Gasteiger partial charge is 0.496 e. The third-order valence-electron chi connectivity index (χ3n) is 3.44. The lowest BCUT2D eigenvalue weighted by molar-refractivity contribution is 0.408. The Kier molecular flexibility index (Phi) is 3.90. The molecule has 0 spiro atoms. The van der Waals surface area contributed by atoms with Crippen LogP contribution in [0.1, 0.15) is 17.2 Å². The molecule has 0 aliphatic heterocycles. The minimum atomic E-state index is -0.171. The summed E-state index contributed by atoms with van der Waals surface area (Å²) in [6.45, 7) is 0. The highest BCUT2D eigenvalue weighted by Gasteiger charge is 2.15. The van der Waals surface area contributed by atoms with Gasteiger partial charge in [0.05, 0.1) is 25.0 Å². The van der Waals surface area contributed by atoms with Crippen molar-refractivity contribution in [1.29, 1.82) is 0 Å². The Morgan fingerprint density at radius 2 is 2.24 bits per heavy atom. The van der Waals surface area contributed by atoms with E-state index in [1.165, 1.54) is 0 Å². The lowest BCUT2D eigenvalue weighted by atomic mass is 10.0. The Balaban J connectivity index is 1.93. The van der Waals surface area contributed by atoms with Crippen molar-refractivity contribution in [1.82, 2.24) is 14.6 Å². The van der Waals surface area contributed by atoms with E-state index in [0.29, 0.717) is 6.42 Å². The second-order valence-electron chi connectivity index (χ2n) is 4.77. The number of hydrogen-bond acceptors (Lipinski definition) is 4. The van der Waals surface area contributed by atoms with Crippen LogP contribution in [0, 0.1) is 0 Å². The van der Waals surface area contributed by atoms with Crippen LogP contribution in [0.25, 0.3) is 5.52 Å². The fourth-order valence-electron chi connectivity index (χ4n) is 2.39. The first-order chi connectivity index (χ1) is 10.2. The van der Waals surface area contributed by atoms with Gasteiger partial charge < -0.3 is 10.5 Å². The molecule has 0 saturated carbocycles. The Morgan fingerprint density at radius 3 is 3.05 bits per heavy atom. The number of ether oxygens (including phenoxy) is 1. The SMILES string of the molecule is COc1ccc(Br)cc1CC(N)c1cnn2ccncc12. The second kappa shape index (κ2) is 5.83. The van der Waals surface area contributed by atoms with Gasteiger partial charge in [-0.1, -0.05) is 15.9 Å². The van der Waals surface area contributed by atoms with E-state index in [1.54, 1.807) is 30.2 Å². The van der Waals surface area contributed by atoms with Crippen molar-refractivity contribution < 1.29 is 4.74 Å². The summed E-state index contributed by atoms with van der Waals surface area (Å²) in [6, 6.07) is 5.74. The Hall–Kier alpha value is -1.92. The molecule has 0 fully saturated rings. The van der Waals surface area contributed by atoms with Crippen LogP contribution >= 0.6 is 15.9 Å². The van der Waals surface area contributed by atoms with E-state index in [0.717, 1.165) is 26.9 Å². The zero-order valence-corrected chi connectivity index (χ0v) is 13.1. The number of aromatic nitrogens is 3. The highest BCUT2D eigenvalue weighted by Crippen LogP contribution is 2.28. The van der Waals surface area contributed by atoms with Gasteiger partial charge >= 0.3 is 0 Å². The minimum Gasteiger partial charge on any atom is -0.496 e. The van der Waals surface area contributed by atoms with E-state index in [-0.39, 0.29) is 6.04 Å². The van der Waals surface area contributed by atoms with Crippen molar-refractivity contribution in [3.05, 3.63) is 58.6 Å². The van der Waals surface area contributed by atoms with Gasteiger partial charge in [-0.3, -0.25) is 4.98 Å². The van der Waals surface area contributed by atoms with E-state index in [4.69, 9.17) is 10.5 Å². The Labute approximate surface area is 130 Å². The lowest BCUT2D eigenvalue weighted by Gasteiger charge is -2.14. The van der Waals surface area contributed by atoms with Gasteiger partial charge in [0, 0.05) is 28.5 Å². The molecule has 2 heterocycles. The summed E-state index contributed by atoms with van der Waals surface area (Å²) in [7, 11) is 1.66. The van der Waals surface area contributed by atoms with Crippen molar-refractivity contribution in [2.75, 3.05) is 7.11 Å². The summed E-state index contributed by atoms with van der Waals surface area (Å²) in [4.78, 5) is 4.13. The standard InChI is InChI=1S/C15H15BrN4O/c1-21-15-3-2-11(16)6-10(15)7-13(17)12-8-19-20-5-4-18-9-14(12)20/h2-6,8-9,13H,7,17H2,1H3. The summed E-state index contributed by atoms with van der Waals surface area (Å²) < 4.78 is 8.18. The van der Waals surface area contributed by atoms with Crippen LogP contribution in [0.2, 0.25) is 0 Å². The summed E-state index contributed by atoms with van der Waals surface area (Å²) >= 11 is 3.48. The molecule has 0 aliphatic carbocycles. The maximum absolute atomic E-state index is 6.36. The van der Waals surface area contributed by atoms with Gasteiger partial charge in [0.1, 0.15) is 5.75 Å². The van der Waals surface area contributed by atoms with Gasteiger partial charge in [0.2, 0.25) is 0 Å². The molecule has 3 aromatic rings. The average molecular weight is 347 g/mol. The van der Waals surface area contributed by atoms with Crippen molar-refractivity contribution in [2.45, 2.75) is 12.5 Å². The van der Waals surface area contributed by atoms with E-state index in [9.17, 15) is 0 Å². The van der Waals surface area contributed by atoms with E-state index in [2.05, 4.69) is 26.0 Å². The Bertz CT molecular complexity index is 771. The fourth-order valence-corrected chi connectivity index (χ4v) is 2.80. The third kappa shape index (κ3) is 2.77. The first-order valence-corrected chi connectivity index (χ1v) is 7.33. The topological polar surface area (TPSA) is 65.4 Å². The van der Waals surface area contributed by atoms with Crippen LogP contribution < -0.4 is 10.5 Å². The summed E-state index contributed by atoms with van der Waals surface area (Å²) in [5, 5.41) is 4.30. The number of rotatable bonds is 4. The summed E-state index contributed by atoms with van der Waals surface area (Å²) in [6.07, 6.45) is 7.75. The normalized spacial score (nSPS) is 12.5. The zero-order chi connectivity index (χ0) is 14.8. The highest BCUT2D eigenvalue weighted by atomic mass is 79.9. The second-order valence-corrected chi connectivity index (χ2v) is 5.69. The van der Waals surface area contributed by atoms with Crippen LogP contribution in [0.5, 0.6) is 5.75 Å². The van der Waals surface area contributed by atoms with Gasteiger partial charge in [-0.2, -0.15) is 5.10 Å². The third-order valence-corrected chi connectivity index (χ3v) is 3.93. The van der Waals surface area contributed by atoms with Crippen LogP contribution in [0.3, 0.4) is 0 Å². The molecule has 0 radical (unpaired) electrons. The number of nitrogens with zero attached hydrogens (tertiary/aromatic N) is 3. The molecule has 0 amide bonds. The highest BCUT2D eigenvalue weighted by molar-refractivity contribution is 9.10. The molecule has 1 unspecified atom stereocenters. The average Bonchev–Trinajstić information content (AvgIpc) is 2.91. The lowest BCUT2D eigenvalue weighted by Crippen LogP contribution is -2.13. The molecular formula is C15H15BrN4O. The number of fused-ring (bicyclic) bond motifs is 1. The van der Waals surface area contributed by atoms with Gasteiger partial charge in [-0.15, -0.1) is 0 Å². The van der Waals surface area contributed by atoms with E-state index in [1.807, 2.05) is 24.4 Å². The first-order valence-electron chi connectivity index (χ1n) is 6.54. The maximum atomic E-state index is 6.36. The van der Waals surface area contributed by atoms with Gasteiger partial charge in [0.15, 0.2) is 0 Å². The van der Waals surface area contributed by atoms with Crippen LogP contribution in [-0.2, 0) is 6.42 Å². The summed E-state index contributed by atoms with van der Waals surface area (Å²) in [5.41, 5.74) is 9.32. The number of benzene rings is 1. The smallest absolute Gasteiger partial charge is 0.122 e. The fraction of sp³-hybridized carbons (Fsp3) is 0.200. The summed E-state index contributed by atoms with van der Waals surface area (Å²) in [5.74, 6) is 0.836. The molecule has 5 nitrogen and oxygen atoms in total. The van der Waals surface area contributed by atoms with Crippen LogP contribution in [-0.4, -0.2) is 21.7 Å². The molecule has 21 heavy (non-hydrogen) atoms. The minimum absolute atomic E-state index is 0.171. The molecule has 0 saturated heterocycles. The zero-order valence-electron chi connectivity index (χ0n) is 11.5. The number of hydrogen-bond donors (Lipinski definition) is 1. The molecule has 1 atom stereocenters. The van der Waals surface area contributed by atoms with Crippen molar-refractivity contribution in [3.8, 4) is 5.75 Å². The molecule has 108 valence electrons. The van der Waals surface area contributed by atoms with Crippen LogP contribution in [0.15, 0.2) is 47.5 Å². The maximum Gasteiger partial charge on any atom is 0.122 e. The molecule has 0 bridgehead atoms. The predicted molar refractivity (Wildman–Crippen MR) is 84.3 cm³/mol. The van der Waals surface area contributed by atoms with Crippen LogP contribution in [0.4, 0.5) is 0 Å². The van der Waals surface area contributed by atoms with Crippen molar-refractivity contribution in [2.24, 2.45) is 5.73 Å². The van der Waals surface area contributed by atoms with Gasteiger partial charge in [-0.25, -0.2) is 4.52 Å². The van der Waals surface area contributed by atoms with Crippen molar-refractivity contribution >= 4 is 21.4 Å². The number of halogens is 1. The van der Waals surface area contributed by atoms with Gasteiger partial charge in [-0.05, 0) is 30.2 Å². The molecule has 2 N–H and O–H groups in total. The Morgan fingerprint density at radius 1 is 1.38 bits per heavy atom. The van der Waals surface area contributed by atoms with Gasteiger partial charge in [0.25, 0.3) is 0 Å². The number of nitrogens with two attached hydrogens (primary N) is 1. The predicted octanol–water partition coefficient (Wildman–Crippen LogP) is 2.74. The van der Waals surface area contributed by atoms with Crippen molar-refractivity contribution in [3.63, 3.8) is 0 Å². The molecule has 1 aromatic carbocycles. The molecule has 0 aliphatic rings. The molecular weight excluding hydrogens is 332 g/mol. The van der Waals surface area contributed by atoms with E-state index < -0.39 is 0 Å². The molecule has 6 heteroatoms. The quantitative estimate of drug-likeness (QED) is 0.788. The first kappa shape index (κ1) is 14.0.